The van der Waals surface area contributed by atoms with Crippen LogP contribution in [0.3, 0.4) is 0 Å². The number of ether oxygens (including phenoxy) is 1. The molecule has 2 saturated heterocycles. The van der Waals surface area contributed by atoms with E-state index in [0.717, 1.165) is 0 Å². The molecule has 5 nitrogen and oxygen atoms in total. The van der Waals surface area contributed by atoms with Crippen molar-refractivity contribution in [1.29, 1.82) is 0 Å². The van der Waals surface area contributed by atoms with Crippen molar-refractivity contribution in [3.63, 3.8) is 0 Å². The van der Waals surface area contributed by atoms with Crippen LogP contribution in [0, 0.1) is 0 Å². The first-order chi connectivity index (χ1) is 5.75. The van der Waals surface area contributed by atoms with E-state index in [4.69, 9.17) is 4.74 Å². The van der Waals surface area contributed by atoms with Gasteiger partial charge in [-0.15, -0.1) is 0 Å². The summed E-state index contributed by atoms with van der Waals surface area (Å²) >= 11 is 0. The fraction of sp³-hybridized carbons (Fsp3) is 0.714. The summed E-state index contributed by atoms with van der Waals surface area (Å²) in [7, 11) is 0. The fourth-order valence-electron chi connectivity index (χ4n) is 1.30. The van der Waals surface area contributed by atoms with E-state index in [-0.39, 0.29) is 30.3 Å². The van der Waals surface area contributed by atoms with Crippen molar-refractivity contribution in [1.82, 2.24) is 10.6 Å². The van der Waals surface area contributed by atoms with Crippen molar-refractivity contribution in [2.45, 2.75) is 18.5 Å². The van der Waals surface area contributed by atoms with Gasteiger partial charge in [0.1, 0.15) is 0 Å². The van der Waals surface area contributed by atoms with Crippen LogP contribution < -0.4 is 10.6 Å². The summed E-state index contributed by atoms with van der Waals surface area (Å²) < 4.78 is 4.93. The number of imide groups is 1. The Morgan fingerprint density at radius 3 is 2.58 bits per heavy atom. The molecule has 0 spiro atoms. The molecule has 2 aliphatic rings. The molecule has 0 saturated carbocycles. The summed E-state index contributed by atoms with van der Waals surface area (Å²) in [6.45, 7) is 1.27. The second kappa shape index (κ2) is 2.84. The zero-order chi connectivity index (χ0) is 8.55. The molecule has 2 heterocycles. The highest BCUT2D eigenvalue weighted by atomic mass is 16.5. The van der Waals surface area contributed by atoms with Gasteiger partial charge in [-0.2, -0.15) is 0 Å². The predicted octanol–water partition coefficient (Wildman–Crippen LogP) is -1.61. The summed E-state index contributed by atoms with van der Waals surface area (Å²) in [6.07, 6.45) is 0.259. The molecule has 0 aromatic heterocycles. The number of nitrogens with one attached hydrogen (secondary N) is 2. The van der Waals surface area contributed by atoms with Crippen molar-refractivity contribution >= 4 is 11.8 Å². The van der Waals surface area contributed by atoms with Gasteiger partial charge in [-0.25, -0.2) is 0 Å². The monoisotopic (exact) mass is 170 g/mol. The lowest BCUT2D eigenvalue weighted by Gasteiger charge is -2.28. The second-order valence-corrected chi connectivity index (χ2v) is 3.07. The minimum Gasteiger partial charge on any atom is -0.378 e. The highest BCUT2D eigenvalue weighted by molar-refractivity contribution is 6.05. The van der Waals surface area contributed by atoms with Crippen molar-refractivity contribution < 1.29 is 14.3 Å². The van der Waals surface area contributed by atoms with E-state index in [1.807, 2.05) is 0 Å². The molecular weight excluding hydrogens is 160 g/mol. The third kappa shape index (κ3) is 1.33. The lowest BCUT2D eigenvalue weighted by molar-refractivity contribution is -0.125. The van der Waals surface area contributed by atoms with Gasteiger partial charge in [0.15, 0.2) is 0 Å². The van der Waals surface area contributed by atoms with E-state index in [2.05, 4.69) is 10.6 Å². The number of hydrogen-bond donors (Lipinski definition) is 2. The van der Waals surface area contributed by atoms with Gasteiger partial charge in [0.05, 0.1) is 31.7 Å². The van der Waals surface area contributed by atoms with Gasteiger partial charge in [0, 0.05) is 0 Å². The molecule has 2 N–H and O–H groups in total. The Labute approximate surface area is 69.5 Å². The smallest absolute Gasteiger partial charge is 0.244 e. The standard InChI is InChI=1S/C7H10N2O3/c10-6-1-5(7(11)9-6)8-4-2-12-3-4/h4-5,8H,1-3H2,(H,9,10,11). The Kier molecular flexibility index (Phi) is 1.82. The maximum atomic E-state index is 11.0. The summed E-state index contributed by atoms with van der Waals surface area (Å²) in [4.78, 5) is 21.8. The van der Waals surface area contributed by atoms with Crippen molar-refractivity contribution in [2.75, 3.05) is 13.2 Å². The highest BCUT2D eigenvalue weighted by Crippen LogP contribution is 2.06. The Morgan fingerprint density at radius 1 is 1.42 bits per heavy atom. The maximum absolute atomic E-state index is 11.0. The molecule has 66 valence electrons. The average molecular weight is 170 g/mol. The van der Waals surface area contributed by atoms with E-state index < -0.39 is 0 Å². The van der Waals surface area contributed by atoms with Crippen LogP contribution in [0.15, 0.2) is 0 Å². The van der Waals surface area contributed by atoms with E-state index in [1.165, 1.54) is 0 Å². The van der Waals surface area contributed by atoms with Gasteiger partial charge in [-0.3, -0.25) is 20.2 Å². The third-order valence-electron chi connectivity index (χ3n) is 2.04. The van der Waals surface area contributed by atoms with E-state index in [0.29, 0.717) is 13.2 Å². The molecule has 0 aliphatic carbocycles. The Hall–Kier alpha value is -0.940. The summed E-state index contributed by atoms with van der Waals surface area (Å²) in [5.74, 6) is -0.412. The van der Waals surface area contributed by atoms with E-state index in [9.17, 15) is 9.59 Å². The summed E-state index contributed by atoms with van der Waals surface area (Å²) in [5.41, 5.74) is 0. The van der Waals surface area contributed by atoms with Gasteiger partial charge in [-0.05, 0) is 0 Å². The number of carbonyl (C=O) groups excluding carboxylic acids is 2. The summed E-state index contributed by atoms with van der Waals surface area (Å²) in [5, 5.41) is 5.28. The topological polar surface area (TPSA) is 67.4 Å². The lowest BCUT2D eigenvalue weighted by Crippen LogP contribution is -2.52. The van der Waals surface area contributed by atoms with Crippen LogP contribution in [0.1, 0.15) is 6.42 Å². The van der Waals surface area contributed by atoms with Gasteiger partial charge in [0.2, 0.25) is 11.8 Å². The van der Waals surface area contributed by atoms with E-state index in [1.54, 1.807) is 0 Å². The molecule has 1 atom stereocenters. The molecule has 2 rings (SSSR count). The van der Waals surface area contributed by atoms with Crippen LogP contribution in [-0.2, 0) is 14.3 Å². The molecule has 2 fully saturated rings. The molecule has 12 heavy (non-hydrogen) atoms. The van der Waals surface area contributed by atoms with Crippen LogP contribution in [0.2, 0.25) is 0 Å². The third-order valence-corrected chi connectivity index (χ3v) is 2.04. The van der Waals surface area contributed by atoms with Gasteiger partial charge in [0.25, 0.3) is 0 Å². The molecular formula is C7H10N2O3. The minimum atomic E-state index is -0.341. The first-order valence-electron chi connectivity index (χ1n) is 3.93. The van der Waals surface area contributed by atoms with Crippen molar-refractivity contribution in [3.05, 3.63) is 0 Å². The average Bonchev–Trinajstić information content (AvgIpc) is 2.21. The molecule has 2 amide bonds. The lowest BCUT2D eigenvalue weighted by atomic mass is 10.2. The molecule has 0 aromatic carbocycles. The second-order valence-electron chi connectivity index (χ2n) is 3.07. The molecule has 0 aromatic rings. The first kappa shape index (κ1) is 7.70. The molecule has 1 unspecified atom stereocenters. The zero-order valence-corrected chi connectivity index (χ0v) is 6.50. The SMILES string of the molecule is O=C1CC(NC2COC2)C(=O)N1. The molecule has 0 bridgehead atoms. The Bertz CT molecular complexity index is 225. The molecule has 5 heteroatoms. The fourth-order valence-corrected chi connectivity index (χ4v) is 1.30. The minimum absolute atomic E-state index is 0.197. The number of hydrogen-bond acceptors (Lipinski definition) is 4. The van der Waals surface area contributed by atoms with Crippen LogP contribution in [-0.4, -0.2) is 37.1 Å². The van der Waals surface area contributed by atoms with Crippen LogP contribution in [0.4, 0.5) is 0 Å². The molecule has 2 aliphatic heterocycles. The molecule has 0 radical (unpaired) electrons. The zero-order valence-electron chi connectivity index (χ0n) is 6.50. The Balaban J connectivity index is 1.86. The quantitative estimate of drug-likeness (QED) is 0.489. The predicted molar refractivity (Wildman–Crippen MR) is 39.3 cm³/mol. The normalized spacial score (nSPS) is 30.2. The van der Waals surface area contributed by atoms with Gasteiger partial charge < -0.3 is 4.74 Å². The Morgan fingerprint density at radius 2 is 2.17 bits per heavy atom. The maximum Gasteiger partial charge on any atom is 0.244 e. The van der Waals surface area contributed by atoms with Crippen molar-refractivity contribution in [3.8, 4) is 0 Å². The number of rotatable bonds is 2. The van der Waals surface area contributed by atoms with E-state index >= 15 is 0 Å². The van der Waals surface area contributed by atoms with Crippen molar-refractivity contribution in [2.24, 2.45) is 0 Å². The largest absolute Gasteiger partial charge is 0.378 e. The van der Waals surface area contributed by atoms with Gasteiger partial charge >= 0.3 is 0 Å². The van der Waals surface area contributed by atoms with Crippen LogP contribution in [0.5, 0.6) is 0 Å². The summed E-state index contributed by atoms with van der Waals surface area (Å²) in [6, 6.07) is -0.0990. The number of carbonyl (C=O) groups is 2. The van der Waals surface area contributed by atoms with Crippen LogP contribution in [0.25, 0.3) is 0 Å². The number of amides is 2. The highest BCUT2D eigenvalue weighted by Gasteiger charge is 2.33. The van der Waals surface area contributed by atoms with Gasteiger partial charge in [-0.1, -0.05) is 0 Å². The van der Waals surface area contributed by atoms with Crippen LogP contribution >= 0.6 is 0 Å². The first-order valence-corrected chi connectivity index (χ1v) is 3.93.